The van der Waals surface area contributed by atoms with Gasteiger partial charge in [-0.1, -0.05) is 115 Å². The van der Waals surface area contributed by atoms with Gasteiger partial charge in [0.2, 0.25) is 0 Å². The van der Waals surface area contributed by atoms with Crippen molar-refractivity contribution >= 4 is 43.9 Å². The average Bonchev–Trinajstić information content (AvgIpc) is 3.76. The maximum absolute atomic E-state index is 6.23. The summed E-state index contributed by atoms with van der Waals surface area (Å²) < 4.78 is 12.3. The number of furan rings is 2. The van der Waals surface area contributed by atoms with E-state index in [2.05, 4.69) is 103 Å². The van der Waals surface area contributed by atoms with Gasteiger partial charge in [0.05, 0.1) is 0 Å². The Balaban J connectivity index is 1.10. The molecule has 0 aliphatic carbocycles. The molecular weight excluding hydrogens is 615 g/mol. The van der Waals surface area contributed by atoms with E-state index in [0.29, 0.717) is 17.5 Å². The van der Waals surface area contributed by atoms with Gasteiger partial charge in [0.15, 0.2) is 17.5 Å². The van der Waals surface area contributed by atoms with Gasteiger partial charge in [-0.3, -0.25) is 0 Å². The van der Waals surface area contributed by atoms with Gasteiger partial charge >= 0.3 is 0 Å². The molecule has 0 radical (unpaired) electrons. The monoisotopic (exact) mass is 641 g/mol. The number of hydrogen-bond acceptors (Lipinski definition) is 5. The molecule has 0 fully saturated rings. The number of nitrogens with zero attached hydrogens (tertiary/aromatic N) is 3. The van der Waals surface area contributed by atoms with Gasteiger partial charge in [-0.05, 0) is 70.8 Å². The summed E-state index contributed by atoms with van der Waals surface area (Å²) in [5.41, 5.74) is 10.6. The lowest BCUT2D eigenvalue weighted by Gasteiger charge is -2.10. The molecule has 3 aromatic heterocycles. The Labute approximate surface area is 287 Å². The van der Waals surface area contributed by atoms with Gasteiger partial charge in [0.1, 0.15) is 22.3 Å². The van der Waals surface area contributed by atoms with Gasteiger partial charge in [-0.25, -0.2) is 15.0 Å². The second kappa shape index (κ2) is 11.4. The first-order valence-electron chi connectivity index (χ1n) is 16.6. The second-order valence-electron chi connectivity index (χ2n) is 12.4. The van der Waals surface area contributed by atoms with E-state index in [1.165, 1.54) is 11.1 Å². The summed E-state index contributed by atoms with van der Waals surface area (Å²) in [7, 11) is 0. The standard InChI is InChI=1S/C45H27N3O2/c1-2-9-28(10-3-1)31-11-8-12-32(25-31)29-17-19-30(20-18-29)43-46-44(33-22-24-41-38(26-33)36-14-5-7-16-40(36)49-41)48-45(47-43)34-21-23-37-35-13-4-6-15-39(35)50-42(37)27-34/h1-27H. The van der Waals surface area contributed by atoms with Crippen molar-refractivity contribution in [1.29, 1.82) is 0 Å². The second-order valence-corrected chi connectivity index (χ2v) is 12.4. The van der Waals surface area contributed by atoms with Gasteiger partial charge in [-0.2, -0.15) is 0 Å². The highest BCUT2D eigenvalue weighted by Gasteiger charge is 2.16. The Bertz CT molecular complexity index is 2870. The third-order valence-electron chi connectivity index (χ3n) is 9.35. The summed E-state index contributed by atoms with van der Waals surface area (Å²) in [5, 5.41) is 4.22. The Hall–Kier alpha value is -6.85. The fourth-order valence-corrected chi connectivity index (χ4v) is 6.81. The topological polar surface area (TPSA) is 65.0 Å². The molecule has 0 N–H and O–H groups in total. The third kappa shape index (κ3) is 4.83. The van der Waals surface area contributed by atoms with Crippen molar-refractivity contribution < 1.29 is 8.83 Å². The van der Waals surface area contributed by atoms with Crippen LogP contribution in [0.5, 0.6) is 0 Å². The summed E-state index contributed by atoms with van der Waals surface area (Å²) >= 11 is 0. The van der Waals surface area contributed by atoms with Crippen LogP contribution in [0, 0.1) is 0 Å². The van der Waals surface area contributed by atoms with Crippen LogP contribution in [0.4, 0.5) is 0 Å². The van der Waals surface area contributed by atoms with Crippen LogP contribution in [0.1, 0.15) is 0 Å². The van der Waals surface area contributed by atoms with Crippen molar-refractivity contribution in [2.24, 2.45) is 0 Å². The van der Waals surface area contributed by atoms with Crippen molar-refractivity contribution in [3.8, 4) is 56.4 Å². The summed E-state index contributed by atoms with van der Waals surface area (Å²) in [6, 6.07) is 56.0. The molecule has 0 saturated carbocycles. The molecule has 0 amide bonds. The van der Waals surface area contributed by atoms with E-state index in [1.807, 2.05) is 60.7 Å². The summed E-state index contributed by atoms with van der Waals surface area (Å²) in [5.74, 6) is 1.75. The van der Waals surface area contributed by atoms with Crippen molar-refractivity contribution in [3.63, 3.8) is 0 Å². The van der Waals surface area contributed by atoms with Crippen LogP contribution in [0.25, 0.3) is 100 Å². The highest BCUT2D eigenvalue weighted by molar-refractivity contribution is 6.07. The Morgan fingerprint density at radius 2 is 0.720 bits per heavy atom. The van der Waals surface area contributed by atoms with Crippen molar-refractivity contribution in [1.82, 2.24) is 15.0 Å². The molecule has 5 heteroatoms. The lowest BCUT2D eigenvalue weighted by atomic mass is 9.98. The summed E-state index contributed by atoms with van der Waals surface area (Å²) in [6.45, 7) is 0. The molecule has 10 rings (SSSR count). The Morgan fingerprint density at radius 1 is 0.260 bits per heavy atom. The molecule has 5 nitrogen and oxygen atoms in total. The zero-order valence-electron chi connectivity index (χ0n) is 26.7. The Morgan fingerprint density at radius 3 is 1.44 bits per heavy atom. The largest absolute Gasteiger partial charge is 0.456 e. The molecule has 10 aromatic rings. The molecule has 0 aliphatic heterocycles. The maximum Gasteiger partial charge on any atom is 0.164 e. The van der Waals surface area contributed by atoms with Crippen LogP contribution in [0.15, 0.2) is 173 Å². The lowest BCUT2D eigenvalue weighted by molar-refractivity contribution is 0.668. The van der Waals surface area contributed by atoms with Crippen LogP contribution in [-0.2, 0) is 0 Å². The minimum Gasteiger partial charge on any atom is -0.456 e. The number of fused-ring (bicyclic) bond motifs is 6. The first-order valence-corrected chi connectivity index (χ1v) is 16.6. The molecule has 7 aromatic carbocycles. The van der Waals surface area contributed by atoms with Gasteiger partial charge in [0, 0.05) is 38.2 Å². The molecule has 0 unspecified atom stereocenters. The van der Waals surface area contributed by atoms with Crippen molar-refractivity contribution in [2.75, 3.05) is 0 Å². The minimum absolute atomic E-state index is 0.573. The lowest BCUT2D eigenvalue weighted by Crippen LogP contribution is -2.00. The molecule has 3 heterocycles. The number of rotatable bonds is 5. The number of aromatic nitrogens is 3. The van der Waals surface area contributed by atoms with Crippen LogP contribution < -0.4 is 0 Å². The van der Waals surface area contributed by atoms with Gasteiger partial charge in [0.25, 0.3) is 0 Å². The van der Waals surface area contributed by atoms with E-state index in [-0.39, 0.29) is 0 Å². The van der Waals surface area contributed by atoms with E-state index in [1.54, 1.807) is 0 Å². The fraction of sp³-hybridized carbons (Fsp3) is 0. The zero-order valence-corrected chi connectivity index (χ0v) is 26.7. The van der Waals surface area contributed by atoms with Gasteiger partial charge in [-0.15, -0.1) is 0 Å². The normalized spacial score (nSPS) is 11.6. The zero-order chi connectivity index (χ0) is 33.0. The van der Waals surface area contributed by atoms with E-state index in [9.17, 15) is 0 Å². The van der Waals surface area contributed by atoms with Crippen LogP contribution in [0.2, 0.25) is 0 Å². The molecule has 50 heavy (non-hydrogen) atoms. The predicted octanol–water partition coefficient (Wildman–Crippen LogP) is 12.0. The molecule has 0 bridgehead atoms. The van der Waals surface area contributed by atoms with E-state index in [0.717, 1.165) is 71.7 Å². The van der Waals surface area contributed by atoms with Crippen LogP contribution in [-0.4, -0.2) is 15.0 Å². The smallest absolute Gasteiger partial charge is 0.164 e. The van der Waals surface area contributed by atoms with Gasteiger partial charge < -0.3 is 8.83 Å². The number of hydrogen-bond donors (Lipinski definition) is 0. The maximum atomic E-state index is 6.23. The molecule has 0 atom stereocenters. The van der Waals surface area contributed by atoms with Crippen LogP contribution in [0.3, 0.4) is 0 Å². The molecule has 0 spiro atoms. The third-order valence-corrected chi connectivity index (χ3v) is 9.35. The van der Waals surface area contributed by atoms with Crippen molar-refractivity contribution in [3.05, 3.63) is 164 Å². The number of benzene rings is 7. The highest BCUT2D eigenvalue weighted by Crippen LogP contribution is 2.35. The number of para-hydroxylation sites is 2. The average molecular weight is 642 g/mol. The van der Waals surface area contributed by atoms with Crippen LogP contribution >= 0.6 is 0 Å². The highest BCUT2D eigenvalue weighted by atomic mass is 16.3. The first-order chi connectivity index (χ1) is 24.7. The SMILES string of the molecule is c1ccc(-c2cccc(-c3ccc(-c4nc(-c5ccc6c(c5)oc5ccccc56)nc(-c5ccc6oc7ccccc7c6c5)n4)cc3)c2)cc1. The Kier molecular flexibility index (Phi) is 6.42. The molecule has 0 aliphatic rings. The fourth-order valence-electron chi connectivity index (χ4n) is 6.81. The molecular formula is C45H27N3O2. The van der Waals surface area contributed by atoms with E-state index < -0.39 is 0 Å². The molecule has 0 saturated heterocycles. The first kappa shape index (κ1) is 28.2. The van der Waals surface area contributed by atoms with E-state index >= 15 is 0 Å². The molecule has 234 valence electrons. The summed E-state index contributed by atoms with van der Waals surface area (Å²) in [4.78, 5) is 15.1. The van der Waals surface area contributed by atoms with E-state index in [4.69, 9.17) is 23.8 Å². The summed E-state index contributed by atoms with van der Waals surface area (Å²) in [6.07, 6.45) is 0. The predicted molar refractivity (Wildman–Crippen MR) is 202 cm³/mol. The van der Waals surface area contributed by atoms with Crippen molar-refractivity contribution in [2.45, 2.75) is 0 Å². The quantitative estimate of drug-likeness (QED) is 0.187. The minimum atomic E-state index is 0.573.